The lowest BCUT2D eigenvalue weighted by molar-refractivity contribution is -0.146. The summed E-state index contributed by atoms with van der Waals surface area (Å²) in [5, 5.41) is 3.37. The molecule has 2 amide bonds. The van der Waals surface area contributed by atoms with Gasteiger partial charge in [0.15, 0.2) is 0 Å². The molecule has 1 rings (SSSR count). The third-order valence-electron chi connectivity index (χ3n) is 3.84. The first kappa shape index (κ1) is 21.7. The number of benzene rings is 1. The lowest BCUT2D eigenvalue weighted by Crippen LogP contribution is -2.50. The molecule has 0 saturated carbocycles. The second-order valence-electron chi connectivity index (χ2n) is 5.90. The van der Waals surface area contributed by atoms with Crippen LogP contribution in [0.25, 0.3) is 5.57 Å². The molecule has 0 spiro atoms. The number of ether oxygens (including phenoxy) is 1. The first-order valence-corrected chi connectivity index (χ1v) is 9.98. The Morgan fingerprint density at radius 3 is 2.35 bits per heavy atom. The van der Waals surface area contributed by atoms with Gasteiger partial charge in [-0.1, -0.05) is 50.6 Å². The highest BCUT2D eigenvalue weighted by Crippen LogP contribution is 2.14. The Labute approximate surface area is 154 Å². The van der Waals surface area contributed by atoms with E-state index in [1.807, 2.05) is 17.7 Å². The highest BCUT2D eigenvalue weighted by molar-refractivity contribution is 7.93. The Hall–Kier alpha value is -2.35. The summed E-state index contributed by atoms with van der Waals surface area (Å²) in [6.07, 6.45) is 0.615. The summed E-state index contributed by atoms with van der Waals surface area (Å²) < 4.78 is 31.2. The normalized spacial score (nSPS) is 14.2. The molecule has 2 atom stereocenters. The summed E-state index contributed by atoms with van der Waals surface area (Å²) in [6, 6.07) is 7.03. The second-order valence-corrected chi connectivity index (χ2v) is 7.43. The van der Waals surface area contributed by atoms with Crippen LogP contribution in [0.4, 0.5) is 4.79 Å². The topological polar surface area (TPSA) is 102 Å². The number of carbonyl (C=O) groups is 2. The molecule has 0 aliphatic heterocycles. The zero-order valence-corrected chi connectivity index (χ0v) is 16.3. The molecule has 1 aromatic rings. The van der Waals surface area contributed by atoms with E-state index in [1.165, 1.54) is 0 Å². The van der Waals surface area contributed by atoms with Gasteiger partial charge in [0.1, 0.15) is 6.04 Å². The monoisotopic (exact) mass is 382 g/mol. The van der Waals surface area contributed by atoms with Crippen molar-refractivity contribution in [1.29, 1.82) is 0 Å². The van der Waals surface area contributed by atoms with Gasteiger partial charge in [-0.3, -0.25) is 0 Å². The standard InChI is InChI=1S/C18H26N2O5S/c1-5-13(3)16(17(21)25-6-2)19-18(22)20-26(23,24)12-14(4)15-10-8-7-9-11-15/h7-13,16H,5-6H2,1-4H3,(H2,19,20,22). The van der Waals surface area contributed by atoms with Crippen molar-refractivity contribution in [2.75, 3.05) is 6.61 Å². The van der Waals surface area contributed by atoms with Crippen molar-refractivity contribution in [3.05, 3.63) is 41.3 Å². The summed E-state index contributed by atoms with van der Waals surface area (Å²) in [6.45, 7) is 7.10. The number of hydrogen-bond donors (Lipinski definition) is 2. The molecule has 1 aromatic carbocycles. The predicted molar refractivity (Wildman–Crippen MR) is 101 cm³/mol. The SMILES string of the molecule is CCOC(=O)C(NC(=O)NS(=O)(=O)C=C(C)c1ccccc1)C(C)CC. The van der Waals surface area contributed by atoms with Crippen LogP contribution in [0, 0.1) is 5.92 Å². The van der Waals surface area contributed by atoms with Crippen LogP contribution in [0.5, 0.6) is 0 Å². The number of carbonyl (C=O) groups excluding carboxylic acids is 2. The lowest BCUT2D eigenvalue weighted by atomic mass is 9.99. The van der Waals surface area contributed by atoms with E-state index >= 15 is 0 Å². The van der Waals surface area contributed by atoms with E-state index in [0.717, 1.165) is 11.0 Å². The molecule has 0 saturated heterocycles. The smallest absolute Gasteiger partial charge is 0.329 e. The number of urea groups is 1. The van der Waals surface area contributed by atoms with Gasteiger partial charge < -0.3 is 10.1 Å². The maximum Gasteiger partial charge on any atom is 0.329 e. The molecule has 8 heteroatoms. The molecule has 7 nitrogen and oxygen atoms in total. The van der Waals surface area contributed by atoms with Crippen molar-refractivity contribution in [3.8, 4) is 0 Å². The van der Waals surface area contributed by atoms with Crippen molar-refractivity contribution in [3.63, 3.8) is 0 Å². The first-order chi connectivity index (χ1) is 12.2. The van der Waals surface area contributed by atoms with Crippen molar-refractivity contribution in [2.24, 2.45) is 5.92 Å². The number of allylic oxidation sites excluding steroid dienone is 1. The molecular formula is C18H26N2O5S. The average Bonchev–Trinajstić information content (AvgIpc) is 2.59. The number of esters is 1. The maximum atomic E-state index is 12.2. The van der Waals surface area contributed by atoms with E-state index in [4.69, 9.17) is 4.74 Å². The van der Waals surface area contributed by atoms with Gasteiger partial charge >= 0.3 is 12.0 Å². The molecular weight excluding hydrogens is 356 g/mol. The second kappa shape index (κ2) is 9.96. The molecule has 0 aliphatic rings. The number of rotatable bonds is 8. The van der Waals surface area contributed by atoms with Gasteiger partial charge in [0, 0.05) is 0 Å². The highest BCUT2D eigenvalue weighted by Gasteiger charge is 2.28. The van der Waals surface area contributed by atoms with E-state index < -0.39 is 28.1 Å². The molecule has 0 heterocycles. The number of amides is 2. The summed E-state index contributed by atoms with van der Waals surface area (Å²) in [4.78, 5) is 24.1. The number of hydrogen-bond acceptors (Lipinski definition) is 5. The minimum absolute atomic E-state index is 0.173. The van der Waals surface area contributed by atoms with Crippen LogP contribution < -0.4 is 10.0 Å². The minimum atomic E-state index is -4.02. The zero-order valence-electron chi connectivity index (χ0n) is 15.5. The van der Waals surface area contributed by atoms with Crippen molar-refractivity contribution in [1.82, 2.24) is 10.0 Å². The van der Waals surface area contributed by atoms with Crippen molar-refractivity contribution >= 4 is 27.6 Å². The van der Waals surface area contributed by atoms with Gasteiger partial charge in [0.05, 0.1) is 12.0 Å². The summed E-state index contributed by atoms with van der Waals surface area (Å²) in [5.41, 5.74) is 1.21. The Balaban J connectivity index is 2.85. The fourth-order valence-corrected chi connectivity index (χ4v) is 3.21. The van der Waals surface area contributed by atoms with Gasteiger partial charge in [0.25, 0.3) is 10.0 Å². The van der Waals surface area contributed by atoms with E-state index in [9.17, 15) is 18.0 Å². The van der Waals surface area contributed by atoms with Crippen molar-refractivity contribution in [2.45, 2.75) is 40.2 Å². The van der Waals surface area contributed by atoms with Crippen LogP contribution in [0.1, 0.15) is 39.7 Å². The largest absolute Gasteiger partial charge is 0.464 e. The molecule has 144 valence electrons. The van der Waals surface area contributed by atoms with Crippen LogP contribution >= 0.6 is 0 Å². The third kappa shape index (κ3) is 6.87. The van der Waals surface area contributed by atoms with E-state index in [-0.39, 0.29) is 12.5 Å². The van der Waals surface area contributed by atoms with Gasteiger partial charge in [-0.25, -0.2) is 22.7 Å². The predicted octanol–water partition coefficient (Wildman–Crippen LogP) is 2.65. The van der Waals surface area contributed by atoms with E-state index in [0.29, 0.717) is 12.0 Å². The summed E-state index contributed by atoms with van der Waals surface area (Å²) >= 11 is 0. The number of sulfonamides is 1. The van der Waals surface area contributed by atoms with Crippen LogP contribution in [0.2, 0.25) is 0 Å². The molecule has 0 bridgehead atoms. The zero-order chi connectivity index (χ0) is 19.7. The quantitative estimate of drug-likeness (QED) is 0.673. The van der Waals surface area contributed by atoms with E-state index in [2.05, 4.69) is 5.32 Å². The molecule has 0 aromatic heterocycles. The Bertz CT molecular complexity index is 744. The lowest BCUT2D eigenvalue weighted by Gasteiger charge is -2.22. The van der Waals surface area contributed by atoms with Gasteiger partial charge in [-0.2, -0.15) is 0 Å². The molecule has 26 heavy (non-hydrogen) atoms. The summed E-state index contributed by atoms with van der Waals surface area (Å²) in [7, 11) is -4.02. The van der Waals surface area contributed by atoms with Crippen LogP contribution in [0.3, 0.4) is 0 Å². The van der Waals surface area contributed by atoms with Crippen LogP contribution in [-0.4, -0.2) is 33.1 Å². The molecule has 2 unspecified atom stereocenters. The molecule has 0 aliphatic carbocycles. The minimum Gasteiger partial charge on any atom is -0.464 e. The molecule has 0 radical (unpaired) electrons. The first-order valence-electron chi connectivity index (χ1n) is 8.43. The average molecular weight is 382 g/mol. The Morgan fingerprint density at radius 2 is 1.81 bits per heavy atom. The van der Waals surface area contributed by atoms with Gasteiger partial charge in [-0.05, 0) is 30.9 Å². The maximum absolute atomic E-state index is 12.2. The highest BCUT2D eigenvalue weighted by atomic mass is 32.2. The Morgan fingerprint density at radius 1 is 1.19 bits per heavy atom. The van der Waals surface area contributed by atoms with Crippen molar-refractivity contribution < 1.29 is 22.7 Å². The van der Waals surface area contributed by atoms with Crippen LogP contribution in [0.15, 0.2) is 35.7 Å². The van der Waals surface area contributed by atoms with E-state index in [1.54, 1.807) is 45.0 Å². The number of nitrogens with one attached hydrogen (secondary N) is 2. The third-order valence-corrected chi connectivity index (χ3v) is 4.97. The fraction of sp³-hybridized carbons (Fsp3) is 0.444. The summed E-state index contributed by atoms with van der Waals surface area (Å²) in [5.74, 6) is -0.797. The van der Waals surface area contributed by atoms with Crippen LogP contribution in [-0.2, 0) is 19.6 Å². The Kier molecular flexibility index (Phi) is 8.31. The molecule has 2 N–H and O–H groups in total. The molecule has 0 fully saturated rings. The van der Waals surface area contributed by atoms with Gasteiger partial charge in [0.2, 0.25) is 0 Å². The van der Waals surface area contributed by atoms with Gasteiger partial charge in [-0.15, -0.1) is 0 Å². The fourth-order valence-electron chi connectivity index (χ4n) is 2.23.